The average molecular weight is 1640 g/mol. The zero-order valence-corrected chi connectivity index (χ0v) is 66.8. The number of esters is 5. The molecule has 2 unspecified atom stereocenters. The molecule has 6 aromatic carbocycles. The van der Waals surface area contributed by atoms with Crippen LogP contribution in [-0.2, 0) is 70.2 Å². The lowest BCUT2D eigenvalue weighted by atomic mass is 9.71. The van der Waals surface area contributed by atoms with Crippen LogP contribution in [0.25, 0.3) is 0 Å². The highest BCUT2D eigenvalue weighted by molar-refractivity contribution is 7.99. The molecule has 14 heterocycles. The number of hydrogen-bond donors (Lipinski definition) is 5. The number of thioether (sulfide) groups is 2. The molecule has 0 aromatic heterocycles. The summed E-state index contributed by atoms with van der Waals surface area (Å²) in [7, 11) is 9.59. The highest BCUT2D eigenvalue weighted by atomic mass is 32.2. The Kier molecular flexibility index (Phi) is 19.4. The summed E-state index contributed by atoms with van der Waals surface area (Å²) in [4.78, 5) is 76.0. The highest BCUT2D eigenvalue weighted by Gasteiger charge is 2.65. The second kappa shape index (κ2) is 28.8. The van der Waals surface area contributed by atoms with Crippen LogP contribution >= 0.6 is 23.5 Å². The van der Waals surface area contributed by atoms with E-state index in [1.165, 1.54) is 77.9 Å². The molecule has 29 nitrogen and oxygen atoms in total. The Labute approximate surface area is 672 Å². The Morgan fingerprint density at radius 1 is 0.543 bits per heavy atom. The van der Waals surface area contributed by atoms with Crippen molar-refractivity contribution in [2.75, 3.05) is 93.9 Å². The number of fused-ring (bicyclic) bond motifs is 18. The molecule has 0 radical (unpaired) electrons. The van der Waals surface area contributed by atoms with Crippen molar-refractivity contribution in [3.05, 3.63) is 125 Å². The molecule has 34 heteroatoms. The summed E-state index contributed by atoms with van der Waals surface area (Å²) < 4.78 is 117. The number of carbonyl (C=O) groups is 5. The Bertz CT molecular complexity index is 5330. The lowest BCUT2D eigenvalue weighted by molar-refractivity contribution is -0.189. The maximum atomic E-state index is 14.9. The molecule has 0 amide bonds. The van der Waals surface area contributed by atoms with Crippen LogP contribution in [0.4, 0.5) is 13.2 Å². The maximum absolute atomic E-state index is 14.9. The summed E-state index contributed by atoms with van der Waals surface area (Å²) in [6.07, 6.45) is -3.57. The van der Waals surface area contributed by atoms with Gasteiger partial charge in [0, 0.05) is 107 Å². The van der Waals surface area contributed by atoms with Gasteiger partial charge in [0.1, 0.15) is 36.8 Å². The zero-order chi connectivity index (χ0) is 82.1. The van der Waals surface area contributed by atoms with Gasteiger partial charge in [-0.1, -0.05) is 12.1 Å². The van der Waals surface area contributed by atoms with E-state index in [-0.39, 0.29) is 97.9 Å². The number of alkyl halides is 3. The predicted molar refractivity (Wildman–Crippen MR) is 406 cm³/mol. The van der Waals surface area contributed by atoms with Crippen LogP contribution in [0.5, 0.6) is 80.5 Å². The summed E-state index contributed by atoms with van der Waals surface area (Å²) in [6.45, 7) is 9.89. The van der Waals surface area contributed by atoms with Gasteiger partial charge < -0.3 is 76.9 Å². The van der Waals surface area contributed by atoms with Crippen molar-refractivity contribution < 1.29 is 114 Å². The number of phenols is 3. The van der Waals surface area contributed by atoms with Gasteiger partial charge in [0.25, 0.3) is 0 Å². The Morgan fingerprint density at radius 3 is 1.37 bits per heavy atom. The first-order valence-electron chi connectivity index (χ1n) is 37.8. The van der Waals surface area contributed by atoms with E-state index in [1.54, 1.807) is 19.1 Å². The summed E-state index contributed by atoms with van der Waals surface area (Å²) >= 11 is 2.80. The van der Waals surface area contributed by atoms with Gasteiger partial charge in [-0.05, 0) is 136 Å². The fourth-order valence-corrected chi connectivity index (χ4v) is 24.0. The quantitative estimate of drug-likeness (QED) is 0.0736. The minimum absolute atomic E-state index is 0.0239. The summed E-state index contributed by atoms with van der Waals surface area (Å²) in [6, 6.07) is 9.16. The van der Waals surface area contributed by atoms with E-state index in [0.29, 0.717) is 127 Å². The number of halogens is 3. The molecule has 20 rings (SSSR count). The first-order valence-corrected chi connectivity index (χ1v) is 39.9. The van der Waals surface area contributed by atoms with Crippen molar-refractivity contribution in [1.29, 1.82) is 10.5 Å². The van der Waals surface area contributed by atoms with Crippen molar-refractivity contribution in [3.63, 3.8) is 0 Å². The fraction of sp³-hybridized carbons (Fsp3) is 0.476. The topological polar surface area (TPSA) is 351 Å². The number of phenolic OH excluding ortho intramolecular Hbond substituents is 3. The number of aromatic hydroxyl groups is 3. The molecule has 4 fully saturated rings. The lowest BCUT2D eigenvalue weighted by Gasteiger charge is -2.62. The van der Waals surface area contributed by atoms with E-state index >= 15 is 0 Å². The number of ether oxygens (including phenoxy) is 13. The largest absolute Gasteiger partial charge is 0.504 e. The van der Waals surface area contributed by atoms with Crippen molar-refractivity contribution >= 4 is 53.4 Å². The monoisotopic (exact) mass is 1640 g/mol. The number of carbonyl (C=O) groups excluding carboxylic acids is 5. The van der Waals surface area contributed by atoms with E-state index in [4.69, 9.17) is 61.6 Å². The number of nitrogens with zero attached hydrogens (tertiary/aromatic N) is 6. The molecule has 0 saturated carbocycles. The van der Waals surface area contributed by atoms with Crippen molar-refractivity contribution in [1.82, 2.24) is 30.2 Å². The minimum Gasteiger partial charge on any atom is -0.504 e. The third-order valence-corrected chi connectivity index (χ3v) is 28.2. The molecule has 14 aliphatic heterocycles. The van der Waals surface area contributed by atoms with Crippen LogP contribution in [0.1, 0.15) is 138 Å². The van der Waals surface area contributed by atoms with E-state index in [2.05, 4.69) is 42.4 Å². The van der Waals surface area contributed by atoms with Crippen LogP contribution in [0.15, 0.2) is 36.4 Å². The molecule has 0 aliphatic carbocycles. The van der Waals surface area contributed by atoms with Crippen LogP contribution in [0.3, 0.4) is 0 Å². The number of likely N-dealkylation sites (N-methyl/N-ethyl adjacent to an activating group) is 2. The summed E-state index contributed by atoms with van der Waals surface area (Å²) in [5.74, 6) is -2.30. The first kappa shape index (κ1) is 78.2. The number of hydrogen-bond acceptors (Lipinski definition) is 31. The molecule has 8 bridgehead atoms. The number of nitrogens with one attached hydrogen (secondary N) is 2. The third kappa shape index (κ3) is 11.6. The molecular formula is C82H83F3N8O21S2. The SMILES string of the molecule is COc1cc2c(cc1O)CCN[C@]21CS[C@@H]2c3c(OC(C)=O)c(C)c4c(c3[C@H](COC1=O)N1C2[C@H]2c3c(cc(C)c(OC)c3O)C[C@@H]([C@@H]1C#N)N2C)OCO4.COc1cc2c(cc1OC(=O)C(F)(F)F)CCN[C@]21CS[C@@H]2c3c(OC(C)=O)c(C)c4c(c3[C@H](COC1=O)N1C2[C@H]2c3c(cc(C)c(OC)c3O)C[C@@H]([C@@H]1C#N)N2C)OCO4. The second-order valence-corrected chi connectivity index (χ2v) is 33.3. The lowest BCUT2D eigenvalue weighted by Crippen LogP contribution is -2.69. The summed E-state index contributed by atoms with van der Waals surface area (Å²) in [5.41, 5.74) is 7.33. The smallest absolute Gasteiger partial charge is 0.491 e. The van der Waals surface area contributed by atoms with E-state index in [1.807, 2.05) is 47.0 Å². The molecule has 6 aromatic rings. The Hall–Kier alpha value is -10.3. The van der Waals surface area contributed by atoms with E-state index < -0.39 is 112 Å². The number of rotatable bonds is 7. The average Bonchev–Trinajstić information content (AvgIpc) is 0.956. The molecule has 610 valence electrons. The molecule has 2 spiro atoms. The Balaban J connectivity index is 0.000000168. The van der Waals surface area contributed by atoms with E-state index in [9.17, 15) is 63.0 Å². The molecular weight excluding hydrogens is 1550 g/mol. The van der Waals surface area contributed by atoms with Crippen LogP contribution in [0.2, 0.25) is 0 Å². The number of piperazine rings is 2. The molecule has 116 heavy (non-hydrogen) atoms. The molecule has 14 aliphatic rings. The number of aryl methyl sites for hydroxylation is 2. The molecule has 4 saturated heterocycles. The van der Waals surface area contributed by atoms with E-state index in [0.717, 1.165) is 27.8 Å². The van der Waals surface area contributed by atoms with Crippen molar-refractivity contribution in [3.8, 4) is 92.6 Å². The van der Waals surface area contributed by atoms with Gasteiger partial charge in [0.15, 0.2) is 80.1 Å². The maximum Gasteiger partial charge on any atom is 0.491 e. The third-order valence-electron chi connectivity index (χ3n) is 25.3. The van der Waals surface area contributed by atoms with Gasteiger partial charge in [-0.25, -0.2) is 14.4 Å². The number of methoxy groups -OCH3 is 4. The highest BCUT2D eigenvalue weighted by Crippen LogP contribution is 2.68. The van der Waals surface area contributed by atoms with Gasteiger partial charge in [-0.15, -0.1) is 23.5 Å². The van der Waals surface area contributed by atoms with Crippen molar-refractivity contribution in [2.45, 2.75) is 155 Å². The molecule has 14 atom stereocenters. The van der Waals surface area contributed by atoms with Gasteiger partial charge in [-0.2, -0.15) is 23.7 Å². The first-order chi connectivity index (χ1) is 55.5. The second-order valence-electron chi connectivity index (χ2n) is 31.0. The molecule has 5 N–H and O–H groups in total. The van der Waals surface area contributed by atoms with Crippen LogP contribution in [-0.4, -0.2) is 201 Å². The van der Waals surface area contributed by atoms with Crippen LogP contribution in [0, 0.1) is 50.4 Å². The standard InChI is InChI=1S/C42H41F3N4O11S.C40H42N4O10S/c1-17-9-21-10-23-24(13-46)49-25-14-56-39(52)41(22-12-26(54-5)27(11-20(22)7-8-47-41)60-40(53)42(43,44)45)15-61-38(32(49)31(48(23)4)28(21)33(51)34(17)55-6)30-29(25)37-36(57-16-58-37)18(2)35(30)59-19(3)50;1-17-9-21-10-23-24(13-41)44-25-14-51-39(48)40(22-12-27(49-5)26(46)11-20(22)7-8-42-40)15-55-38(32(44)31(43(23)4)28(21)33(47)34(17)50-6)30-29(25)37-36(52-16-53-37)18(2)35(30)54-19(3)45/h9,11-12,23-25,31-32,38,47,51H,7-8,10,14-16H2,1-6H3;9,11-12,23-25,31-32,38,42,46-47H,7-8,10,14-16H2,1-6H3/t23-,24-,25-,31+,32?,38+,41+;23-,24-,25-,31+,32?,38+,40+/m00/s1. The predicted octanol–water partition coefficient (Wildman–Crippen LogP) is 8.74. The minimum atomic E-state index is -5.28. The van der Waals surface area contributed by atoms with Gasteiger partial charge in [0.05, 0.1) is 75.2 Å². The van der Waals surface area contributed by atoms with Crippen LogP contribution < -0.4 is 62.7 Å². The fourth-order valence-electron chi connectivity index (χ4n) is 20.6. The number of nitriles is 2. The van der Waals surface area contributed by atoms with Gasteiger partial charge in [-0.3, -0.25) is 39.8 Å². The van der Waals surface area contributed by atoms with Gasteiger partial charge in [0.2, 0.25) is 13.6 Å². The summed E-state index contributed by atoms with van der Waals surface area (Å²) in [5, 5.41) is 62.7. The zero-order valence-electron chi connectivity index (χ0n) is 65.2. The number of benzene rings is 6. The van der Waals surface area contributed by atoms with Crippen molar-refractivity contribution in [2.24, 2.45) is 0 Å². The Morgan fingerprint density at radius 2 is 0.966 bits per heavy atom. The normalized spacial score (nSPS) is 28.1. The van der Waals surface area contributed by atoms with Gasteiger partial charge >= 0.3 is 36.0 Å².